The van der Waals surface area contributed by atoms with E-state index in [-0.39, 0.29) is 0 Å². The summed E-state index contributed by atoms with van der Waals surface area (Å²) in [6.45, 7) is 10.5. The molecule has 2 N–H and O–H groups in total. The molecular formula is C17H30N2O2+2. The second-order valence-electron chi connectivity index (χ2n) is 5.92. The first-order valence-corrected chi connectivity index (χ1v) is 8.22. The van der Waals surface area contributed by atoms with Crippen LogP contribution in [0.4, 0.5) is 0 Å². The Kier molecular flexibility index (Phi) is 7.00. The Bertz CT molecular complexity index is 386. The van der Waals surface area contributed by atoms with Crippen molar-refractivity contribution in [2.75, 3.05) is 59.6 Å². The van der Waals surface area contributed by atoms with E-state index in [4.69, 9.17) is 9.47 Å². The van der Waals surface area contributed by atoms with Gasteiger partial charge in [0.25, 0.3) is 0 Å². The van der Waals surface area contributed by atoms with Crippen molar-refractivity contribution >= 4 is 0 Å². The normalized spacial score (nSPS) is 22.2. The molecule has 1 aromatic rings. The molecule has 0 bridgehead atoms. The Hall–Kier alpha value is -1.10. The summed E-state index contributed by atoms with van der Waals surface area (Å²) in [7, 11) is 2.28. The highest BCUT2D eigenvalue weighted by molar-refractivity contribution is 5.27. The molecule has 0 atom stereocenters. The molecule has 2 rings (SSSR count). The summed E-state index contributed by atoms with van der Waals surface area (Å²) in [5.41, 5.74) is 1.34. The van der Waals surface area contributed by atoms with E-state index in [0.29, 0.717) is 13.2 Å². The van der Waals surface area contributed by atoms with Crippen LogP contribution in [-0.2, 0) is 11.2 Å². The molecule has 0 amide bonds. The van der Waals surface area contributed by atoms with E-state index in [9.17, 15) is 0 Å². The Morgan fingerprint density at radius 3 is 2.33 bits per heavy atom. The van der Waals surface area contributed by atoms with Crippen LogP contribution in [0.1, 0.15) is 12.5 Å². The minimum Gasteiger partial charge on any atom is -0.491 e. The Labute approximate surface area is 128 Å². The second kappa shape index (κ2) is 9.03. The maximum atomic E-state index is 5.68. The summed E-state index contributed by atoms with van der Waals surface area (Å²) in [6, 6.07) is 8.31. The third kappa shape index (κ3) is 6.04. The number of hydrogen-bond acceptors (Lipinski definition) is 2. The van der Waals surface area contributed by atoms with Crippen molar-refractivity contribution < 1.29 is 19.3 Å². The SMILES string of the molecule is CCc1ccc(OCCOCC[NH+]2CC[NH+](C)CC2)cc1. The lowest BCUT2D eigenvalue weighted by molar-refractivity contribution is -1.00. The van der Waals surface area contributed by atoms with Crippen LogP contribution in [0.25, 0.3) is 0 Å². The molecule has 1 aromatic carbocycles. The fourth-order valence-electron chi connectivity index (χ4n) is 2.64. The van der Waals surface area contributed by atoms with E-state index in [0.717, 1.165) is 25.3 Å². The molecule has 1 aliphatic rings. The number of rotatable bonds is 8. The molecule has 118 valence electrons. The molecule has 1 aliphatic heterocycles. The first-order valence-electron chi connectivity index (χ1n) is 8.22. The van der Waals surface area contributed by atoms with Gasteiger partial charge < -0.3 is 19.3 Å². The minimum atomic E-state index is 0.633. The largest absolute Gasteiger partial charge is 0.491 e. The van der Waals surface area contributed by atoms with Gasteiger partial charge in [-0.3, -0.25) is 0 Å². The Balaban J connectivity index is 1.49. The highest BCUT2D eigenvalue weighted by atomic mass is 16.5. The summed E-state index contributed by atoms with van der Waals surface area (Å²) >= 11 is 0. The average Bonchev–Trinajstić information content (AvgIpc) is 2.53. The van der Waals surface area contributed by atoms with Gasteiger partial charge in [-0.2, -0.15) is 0 Å². The van der Waals surface area contributed by atoms with Crippen molar-refractivity contribution in [3.05, 3.63) is 29.8 Å². The molecule has 0 spiro atoms. The standard InChI is InChI=1S/C17H28N2O2/c1-3-16-4-6-17(7-5-16)21-15-14-20-13-12-19-10-8-18(2)9-11-19/h4-7H,3,8-15H2,1-2H3/p+2. The van der Waals surface area contributed by atoms with Crippen molar-refractivity contribution in [2.24, 2.45) is 0 Å². The zero-order valence-corrected chi connectivity index (χ0v) is 13.5. The Morgan fingerprint density at radius 2 is 1.67 bits per heavy atom. The van der Waals surface area contributed by atoms with Crippen LogP contribution < -0.4 is 14.5 Å². The monoisotopic (exact) mass is 294 g/mol. The van der Waals surface area contributed by atoms with Crippen molar-refractivity contribution in [3.8, 4) is 5.75 Å². The van der Waals surface area contributed by atoms with Crippen LogP contribution in [-0.4, -0.2) is 59.6 Å². The molecule has 21 heavy (non-hydrogen) atoms. The van der Waals surface area contributed by atoms with Crippen molar-refractivity contribution in [2.45, 2.75) is 13.3 Å². The van der Waals surface area contributed by atoms with E-state index in [1.54, 1.807) is 9.80 Å². The zero-order chi connectivity index (χ0) is 14.9. The summed E-state index contributed by atoms with van der Waals surface area (Å²) in [6.07, 6.45) is 1.07. The van der Waals surface area contributed by atoms with Crippen LogP contribution in [0.2, 0.25) is 0 Å². The molecule has 0 aliphatic carbocycles. The summed E-state index contributed by atoms with van der Waals surface area (Å²) in [4.78, 5) is 3.33. The van der Waals surface area contributed by atoms with E-state index in [1.165, 1.54) is 31.7 Å². The number of piperazine rings is 1. The van der Waals surface area contributed by atoms with E-state index < -0.39 is 0 Å². The molecule has 1 heterocycles. The van der Waals surface area contributed by atoms with E-state index in [1.807, 2.05) is 12.1 Å². The summed E-state index contributed by atoms with van der Waals surface area (Å²) in [5.74, 6) is 0.934. The minimum absolute atomic E-state index is 0.633. The van der Waals surface area contributed by atoms with Gasteiger partial charge in [-0.05, 0) is 24.1 Å². The average molecular weight is 294 g/mol. The maximum Gasteiger partial charge on any atom is 0.127 e. The topological polar surface area (TPSA) is 27.3 Å². The fourth-order valence-corrected chi connectivity index (χ4v) is 2.64. The predicted octanol–water partition coefficient (Wildman–Crippen LogP) is -0.942. The number of benzene rings is 1. The van der Waals surface area contributed by atoms with Gasteiger partial charge in [0.15, 0.2) is 0 Å². The highest BCUT2D eigenvalue weighted by Crippen LogP contribution is 2.12. The smallest absolute Gasteiger partial charge is 0.127 e. The van der Waals surface area contributed by atoms with Gasteiger partial charge in [0.1, 0.15) is 45.1 Å². The second-order valence-corrected chi connectivity index (χ2v) is 5.92. The lowest BCUT2D eigenvalue weighted by Crippen LogP contribution is -3.27. The quantitative estimate of drug-likeness (QED) is 0.606. The van der Waals surface area contributed by atoms with Gasteiger partial charge in [0.2, 0.25) is 0 Å². The number of aryl methyl sites for hydroxylation is 1. The molecule has 0 unspecified atom stereocenters. The number of quaternary nitrogens is 2. The van der Waals surface area contributed by atoms with Crippen molar-refractivity contribution in [1.82, 2.24) is 0 Å². The van der Waals surface area contributed by atoms with Crippen LogP contribution >= 0.6 is 0 Å². The number of likely N-dealkylation sites (N-methyl/N-ethyl adjacent to an activating group) is 1. The van der Waals surface area contributed by atoms with Crippen LogP contribution in [0.15, 0.2) is 24.3 Å². The fraction of sp³-hybridized carbons (Fsp3) is 0.647. The van der Waals surface area contributed by atoms with Gasteiger partial charge in [-0.15, -0.1) is 0 Å². The van der Waals surface area contributed by atoms with Gasteiger partial charge >= 0.3 is 0 Å². The Morgan fingerprint density at radius 1 is 0.952 bits per heavy atom. The van der Waals surface area contributed by atoms with E-state index >= 15 is 0 Å². The van der Waals surface area contributed by atoms with Crippen LogP contribution in [0.3, 0.4) is 0 Å². The van der Waals surface area contributed by atoms with Crippen LogP contribution in [0.5, 0.6) is 5.75 Å². The molecule has 1 saturated heterocycles. The predicted molar refractivity (Wildman–Crippen MR) is 84.3 cm³/mol. The lowest BCUT2D eigenvalue weighted by Gasteiger charge is -2.27. The third-order valence-electron chi connectivity index (χ3n) is 4.24. The van der Waals surface area contributed by atoms with Crippen LogP contribution in [0, 0.1) is 0 Å². The van der Waals surface area contributed by atoms with Gasteiger partial charge in [-0.25, -0.2) is 0 Å². The maximum absolute atomic E-state index is 5.68. The summed E-state index contributed by atoms with van der Waals surface area (Å²) in [5, 5.41) is 0. The third-order valence-corrected chi connectivity index (χ3v) is 4.24. The van der Waals surface area contributed by atoms with Crippen molar-refractivity contribution in [3.63, 3.8) is 0 Å². The van der Waals surface area contributed by atoms with Gasteiger partial charge in [-0.1, -0.05) is 19.1 Å². The van der Waals surface area contributed by atoms with Gasteiger partial charge in [0.05, 0.1) is 20.3 Å². The first kappa shape index (κ1) is 16.3. The van der Waals surface area contributed by atoms with Crippen molar-refractivity contribution in [1.29, 1.82) is 0 Å². The molecule has 1 fully saturated rings. The van der Waals surface area contributed by atoms with E-state index in [2.05, 4.69) is 26.1 Å². The highest BCUT2D eigenvalue weighted by Gasteiger charge is 2.18. The molecule has 0 saturated carbocycles. The number of hydrogen-bond donors (Lipinski definition) is 2. The summed E-state index contributed by atoms with van der Waals surface area (Å²) < 4.78 is 11.4. The number of nitrogens with one attached hydrogen (secondary N) is 2. The van der Waals surface area contributed by atoms with Gasteiger partial charge in [0, 0.05) is 0 Å². The molecule has 4 nitrogen and oxygen atoms in total. The molecule has 0 radical (unpaired) electrons. The molecular weight excluding hydrogens is 264 g/mol. The lowest BCUT2D eigenvalue weighted by atomic mass is 10.2. The molecule has 4 heteroatoms. The first-order chi connectivity index (χ1) is 10.3. The zero-order valence-electron chi connectivity index (χ0n) is 13.5. The molecule has 0 aromatic heterocycles. The number of ether oxygens (including phenoxy) is 2.